The average molecular weight is 207 g/mol. The Morgan fingerprint density at radius 2 is 2.56 bits per heavy atom. The number of halogens is 1. The quantitative estimate of drug-likeness (QED) is 0.692. The summed E-state index contributed by atoms with van der Waals surface area (Å²) in [5.41, 5.74) is 0. The zero-order valence-electron chi connectivity index (χ0n) is 4.84. The van der Waals surface area contributed by atoms with E-state index in [4.69, 9.17) is 4.74 Å². The predicted octanol–water partition coefficient (Wildman–Crippen LogP) is 2.52. The van der Waals surface area contributed by atoms with Crippen molar-refractivity contribution in [3.63, 3.8) is 0 Å². The van der Waals surface area contributed by atoms with Crippen LogP contribution in [-0.2, 0) is 0 Å². The molecule has 0 aliphatic heterocycles. The normalized spacial score (nSPS) is 9.44. The van der Waals surface area contributed by atoms with Crippen molar-refractivity contribution >= 4 is 27.3 Å². The first-order valence-electron chi connectivity index (χ1n) is 2.66. The molecule has 0 fully saturated rings. The Balaban J connectivity index is 2.30. The summed E-state index contributed by atoms with van der Waals surface area (Å²) in [6.07, 6.45) is 0. The standard InChI is InChI=1S/C6H7BrOS/c7-3-4-8-6-2-1-5-9-6/h1-2,5H,3-4H2. The molecule has 50 valence electrons. The lowest BCUT2D eigenvalue weighted by Gasteiger charge is -1.96. The molecule has 0 aromatic carbocycles. The topological polar surface area (TPSA) is 9.23 Å². The second kappa shape index (κ2) is 3.90. The summed E-state index contributed by atoms with van der Waals surface area (Å²) in [6.45, 7) is 0.751. The van der Waals surface area contributed by atoms with E-state index >= 15 is 0 Å². The maximum Gasteiger partial charge on any atom is 0.173 e. The van der Waals surface area contributed by atoms with Gasteiger partial charge in [0.25, 0.3) is 0 Å². The Labute approximate surface area is 66.8 Å². The van der Waals surface area contributed by atoms with Crippen molar-refractivity contribution in [2.75, 3.05) is 11.9 Å². The van der Waals surface area contributed by atoms with Gasteiger partial charge >= 0.3 is 0 Å². The van der Waals surface area contributed by atoms with Gasteiger partial charge in [-0.05, 0) is 17.5 Å². The smallest absolute Gasteiger partial charge is 0.173 e. The van der Waals surface area contributed by atoms with E-state index in [2.05, 4.69) is 15.9 Å². The summed E-state index contributed by atoms with van der Waals surface area (Å²) in [6, 6.07) is 3.95. The molecule has 0 N–H and O–H groups in total. The maximum atomic E-state index is 5.27. The summed E-state index contributed by atoms with van der Waals surface area (Å²) >= 11 is 4.89. The number of rotatable bonds is 3. The van der Waals surface area contributed by atoms with Crippen molar-refractivity contribution < 1.29 is 4.74 Å². The largest absolute Gasteiger partial charge is 0.483 e. The molecule has 0 aliphatic carbocycles. The van der Waals surface area contributed by atoms with E-state index in [1.54, 1.807) is 11.3 Å². The molecule has 0 radical (unpaired) electrons. The zero-order valence-corrected chi connectivity index (χ0v) is 7.24. The number of alkyl halides is 1. The minimum Gasteiger partial charge on any atom is -0.483 e. The first-order chi connectivity index (χ1) is 4.43. The van der Waals surface area contributed by atoms with Gasteiger partial charge < -0.3 is 4.74 Å². The molecule has 1 heterocycles. The number of ether oxygens (including phenoxy) is 1. The Morgan fingerprint density at radius 1 is 1.67 bits per heavy atom. The van der Waals surface area contributed by atoms with Gasteiger partial charge in [0.15, 0.2) is 5.06 Å². The van der Waals surface area contributed by atoms with Crippen LogP contribution in [-0.4, -0.2) is 11.9 Å². The lowest BCUT2D eigenvalue weighted by Crippen LogP contribution is -1.94. The van der Waals surface area contributed by atoms with Gasteiger partial charge in [-0.1, -0.05) is 15.9 Å². The van der Waals surface area contributed by atoms with E-state index in [1.165, 1.54) is 0 Å². The zero-order chi connectivity index (χ0) is 6.53. The third kappa shape index (κ3) is 2.37. The summed E-state index contributed by atoms with van der Waals surface area (Å²) in [5.74, 6) is 0. The second-order valence-corrected chi connectivity index (χ2v) is 3.17. The highest BCUT2D eigenvalue weighted by molar-refractivity contribution is 9.09. The summed E-state index contributed by atoms with van der Waals surface area (Å²) in [4.78, 5) is 0. The number of hydrogen-bond acceptors (Lipinski definition) is 2. The number of thiophene rings is 1. The van der Waals surface area contributed by atoms with E-state index in [0.29, 0.717) is 0 Å². The van der Waals surface area contributed by atoms with E-state index in [9.17, 15) is 0 Å². The van der Waals surface area contributed by atoms with Gasteiger partial charge in [0.1, 0.15) is 0 Å². The minimum absolute atomic E-state index is 0.751. The number of hydrogen-bond donors (Lipinski definition) is 0. The fourth-order valence-electron chi connectivity index (χ4n) is 0.485. The monoisotopic (exact) mass is 206 g/mol. The Hall–Kier alpha value is -0.0200. The van der Waals surface area contributed by atoms with Crippen LogP contribution in [0.5, 0.6) is 5.06 Å². The van der Waals surface area contributed by atoms with E-state index in [-0.39, 0.29) is 0 Å². The van der Waals surface area contributed by atoms with Gasteiger partial charge in [-0.2, -0.15) is 0 Å². The first-order valence-corrected chi connectivity index (χ1v) is 4.66. The molecule has 9 heavy (non-hydrogen) atoms. The van der Waals surface area contributed by atoms with Crippen LogP contribution in [0.25, 0.3) is 0 Å². The van der Waals surface area contributed by atoms with Crippen LogP contribution in [0.1, 0.15) is 0 Å². The van der Waals surface area contributed by atoms with E-state index in [0.717, 1.165) is 17.0 Å². The van der Waals surface area contributed by atoms with Crippen LogP contribution in [0.2, 0.25) is 0 Å². The van der Waals surface area contributed by atoms with E-state index in [1.807, 2.05) is 17.5 Å². The highest BCUT2D eigenvalue weighted by Gasteiger charge is 1.89. The molecule has 0 atom stereocenters. The van der Waals surface area contributed by atoms with Crippen molar-refractivity contribution in [1.29, 1.82) is 0 Å². The molecule has 1 rings (SSSR count). The molecule has 1 nitrogen and oxygen atoms in total. The third-order valence-electron chi connectivity index (χ3n) is 0.817. The van der Waals surface area contributed by atoms with Crippen molar-refractivity contribution in [2.45, 2.75) is 0 Å². The van der Waals surface area contributed by atoms with Crippen molar-refractivity contribution in [1.82, 2.24) is 0 Å². The fourth-order valence-corrected chi connectivity index (χ4v) is 1.25. The fraction of sp³-hybridized carbons (Fsp3) is 0.333. The summed E-state index contributed by atoms with van der Waals surface area (Å²) < 4.78 is 5.27. The van der Waals surface area contributed by atoms with Crippen molar-refractivity contribution in [3.8, 4) is 5.06 Å². The Morgan fingerprint density at radius 3 is 3.11 bits per heavy atom. The van der Waals surface area contributed by atoms with Crippen molar-refractivity contribution in [2.24, 2.45) is 0 Å². The van der Waals surface area contributed by atoms with Crippen molar-refractivity contribution in [3.05, 3.63) is 17.5 Å². The third-order valence-corrected chi connectivity index (χ3v) is 1.92. The van der Waals surface area contributed by atoms with Crippen LogP contribution >= 0.6 is 27.3 Å². The summed E-state index contributed by atoms with van der Waals surface area (Å²) in [5, 5.41) is 3.89. The summed E-state index contributed by atoms with van der Waals surface area (Å²) in [7, 11) is 0. The molecule has 3 heteroatoms. The van der Waals surface area contributed by atoms with Crippen LogP contribution in [0, 0.1) is 0 Å². The van der Waals surface area contributed by atoms with E-state index < -0.39 is 0 Å². The molecule has 1 aromatic rings. The van der Waals surface area contributed by atoms with Crippen LogP contribution < -0.4 is 4.74 Å². The maximum absolute atomic E-state index is 5.27. The molecule has 0 bridgehead atoms. The van der Waals surface area contributed by atoms with Gasteiger partial charge in [-0.15, -0.1) is 11.3 Å². The van der Waals surface area contributed by atoms with Gasteiger partial charge in [0.2, 0.25) is 0 Å². The first kappa shape index (κ1) is 7.09. The molecule has 0 spiro atoms. The lowest BCUT2D eigenvalue weighted by atomic mass is 10.6. The molecule has 1 aromatic heterocycles. The van der Waals surface area contributed by atoms with Crippen LogP contribution in [0.3, 0.4) is 0 Å². The van der Waals surface area contributed by atoms with Gasteiger partial charge in [0, 0.05) is 5.33 Å². The predicted molar refractivity (Wildman–Crippen MR) is 43.6 cm³/mol. The molecular weight excluding hydrogens is 200 g/mol. The minimum atomic E-state index is 0.751. The van der Waals surface area contributed by atoms with Gasteiger partial charge in [-0.25, -0.2) is 0 Å². The molecular formula is C6H7BrOS. The lowest BCUT2D eigenvalue weighted by molar-refractivity contribution is 0.355. The molecule has 0 amide bonds. The molecule has 0 saturated carbocycles. The molecule has 0 aliphatic rings. The highest BCUT2D eigenvalue weighted by Crippen LogP contribution is 2.17. The highest BCUT2D eigenvalue weighted by atomic mass is 79.9. The Kier molecular flexibility index (Phi) is 3.08. The van der Waals surface area contributed by atoms with Crippen LogP contribution in [0.15, 0.2) is 17.5 Å². The second-order valence-electron chi connectivity index (χ2n) is 1.47. The Bertz CT molecular complexity index is 150. The van der Waals surface area contributed by atoms with Gasteiger partial charge in [-0.3, -0.25) is 0 Å². The average Bonchev–Trinajstić information content (AvgIpc) is 2.34. The van der Waals surface area contributed by atoms with Crippen LogP contribution in [0.4, 0.5) is 0 Å². The molecule has 0 saturated heterocycles. The van der Waals surface area contributed by atoms with Gasteiger partial charge in [0.05, 0.1) is 6.61 Å². The SMILES string of the molecule is BrCCOc1cccs1. The molecule has 0 unspecified atom stereocenters.